The third kappa shape index (κ3) is 2.86. The molecule has 104 valence electrons. The van der Waals surface area contributed by atoms with E-state index in [9.17, 15) is 9.59 Å². The number of imide groups is 1. The summed E-state index contributed by atoms with van der Waals surface area (Å²) in [5.74, 6) is -0.362. The molecule has 0 aliphatic carbocycles. The van der Waals surface area contributed by atoms with Crippen LogP contribution in [0.2, 0.25) is 5.02 Å². The van der Waals surface area contributed by atoms with Crippen LogP contribution in [0.15, 0.2) is 53.4 Å². The van der Waals surface area contributed by atoms with Gasteiger partial charge in [0, 0.05) is 10.6 Å². The number of carbonyl (C=O) groups is 2. The average molecular weight is 316 g/mol. The van der Waals surface area contributed by atoms with E-state index in [2.05, 4.69) is 5.32 Å². The highest BCUT2D eigenvalue weighted by molar-refractivity contribution is 8.18. The van der Waals surface area contributed by atoms with Crippen LogP contribution in [0.3, 0.4) is 0 Å². The Labute approximate surface area is 131 Å². The van der Waals surface area contributed by atoms with Crippen molar-refractivity contribution >= 4 is 40.6 Å². The van der Waals surface area contributed by atoms with Gasteiger partial charge in [0.2, 0.25) is 0 Å². The van der Waals surface area contributed by atoms with E-state index < -0.39 is 0 Å². The quantitative estimate of drug-likeness (QED) is 0.839. The van der Waals surface area contributed by atoms with Crippen molar-refractivity contribution in [3.05, 3.63) is 64.0 Å². The highest BCUT2D eigenvalue weighted by Crippen LogP contribution is 2.33. The summed E-state index contributed by atoms with van der Waals surface area (Å²) in [7, 11) is 0. The maximum Gasteiger partial charge on any atom is 0.290 e. The molecule has 0 unspecified atom stereocenters. The minimum atomic E-state index is -0.362. The summed E-state index contributed by atoms with van der Waals surface area (Å²) in [6, 6.07) is 15.1. The second-order valence-corrected chi connectivity index (χ2v) is 5.84. The van der Waals surface area contributed by atoms with Crippen molar-refractivity contribution in [2.75, 3.05) is 0 Å². The fraction of sp³-hybridized carbons (Fsp3) is 0. The topological polar surface area (TPSA) is 46.2 Å². The third-order valence-corrected chi connectivity index (χ3v) is 4.19. The van der Waals surface area contributed by atoms with E-state index in [1.165, 1.54) is 0 Å². The summed E-state index contributed by atoms with van der Waals surface area (Å²) >= 11 is 7.15. The van der Waals surface area contributed by atoms with Crippen LogP contribution in [0.4, 0.5) is 4.79 Å². The maximum absolute atomic E-state index is 11.7. The van der Waals surface area contributed by atoms with Gasteiger partial charge in [-0.2, -0.15) is 0 Å². The highest BCUT2D eigenvalue weighted by Gasteiger charge is 2.25. The molecule has 1 N–H and O–H groups in total. The standard InChI is InChI=1S/C16H10ClNO2S/c17-13-8-4-3-7-12(13)11-6-2-1-5-10(11)9-14-15(19)18-16(20)21-14/h1-9H,(H,18,19,20). The van der Waals surface area contributed by atoms with Gasteiger partial charge in [-0.05, 0) is 35.0 Å². The molecule has 21 heavy (non-hydrogen) atoms. The number of thioether (sulfide) groups is 1. The highest BCUT2D eigenvalue weighted by atomic mass is 35.5. The molecule has 0 atom stereocenters. The SMILES string of the molecule is O=C1NC(=O)C(=Cc2ccccc2-c2ccccc2Cl)S1. The normalized spacial score (nSPS) is 16.3. The molecule has 0 aromatic heterocycles. The molecule has 2 amide bonds. The van der Waals surface area contributed by atoms with Crippen LogP contribution in [0.25, 0.3) is 17.2 Å². The van der Waals surface area contributed by atoms with E-state index in [0.717, 1.165) is 28.5 Å². The van der Waals surface area contributed by atoms with E-state index >= 15 is 0 Å². The summed E-state index contributed by atoms with van der Waals surface area (Å²) in [5.41, 5.74) is 2.66. The summed E-state index contributed by atoms with van der Waals surface area (Å²) in [6.45, 7) is 0. The number of nitrogens with one attached hydrogen (secondary N) is 1. The first-order valence-electron chi connectivity index (χ1n) is 6.24. The minimum absolute atomic E-state index is 0.346. The Hall–Kier alpha value is -2.04. The summed E-state index contributed by atoms with van der Waals surface area (Å²) in [6.07, 6.45) is 1.71. The molecule has 5 heteroatoms. The third-order valence-electron chi connectivity index (χ3n) is 3.05. The average Bonchev–Trinajstić information content (AvgIpc) is 2.78. The first-order chi connectivity index (χ1) is 10.1. The van der Waals surface area contributed by atoms with Crippen LogP contribution in [0, 0.1) is 0 Å². The number of hydrogen-bond acceptors (Lipinski definition) is 3. The van der Waals surface area contributed by atoms with Gasteiger partial charge >= 0.3 is 0 Å². The van der Waals surface area contributed by atoms with Gasteiger partial charge in [-0.25, -0.2) is 0 Å². The van der Waals surface area contributed by atoms with Crippen LogP contribution < -0.4 is 5.32 Å². The zero-order valence-electron chi connectivity index (χ0n) is 10.8. The predicted octanol–water partition coefficient (Wildman–Crippen LogP) is 4.33. The Bertz CT molecular complexity index is 770. The monoisotopic (exact) mass is 315 g/mol. The van der Waals surface area contributed by atoms with Crippen molar-refractivity contribution in [1.29, 1.82) is 0 Å². The molecule has 0 radical (unpaired) electrons. The fourth-order valence-corrected chi connectivity index (χ4v) is 3.02. The lowest BCUT2D eigenvalue weighted by Gasteiger charge is -2.08. The molecule has 1 heterocycles. The Balaban J connectivity index is 2.09. The van der Waals surface area contributed by atoms with E-state index in [1.807, 2.05) is 48.5 Å². The van der Waals surface area contributed by atoms with Crippen LogP contribution in [-0.4, -0.2) is 11.1 Å². The molecule has 1 fully saturated rings. The maximum atomic E-state index is 11.7. The number of hydrogen-bond donors (Lipinski definition) is 1. The molecule has 2 aromatic carbocycles. The van der Waals surface area contributed by atoms with Crippen molar-refractivity contribution < 1.29 is 9.59 Å². The van der Waals surface area contributed by atoms with Crippen molar-refractivity contribution in [3.63, 3.8) is 0 Å². The molecule has 1 saturated heterocycles. The van der Waals surface area contributed by atoms with E-state index in [4.69, 9.17) is 11.6 Å². The second kappa shape index (κ2) is 5.76. The Kier molecular flexibility index (Phi) is 3.82. The molecule has 0 spiro atoms. The number of carbonyl (C=O) groups excluding carboxylic acids is 2. The van der Waals surface area contributed by atoms with Gasteiger partial charge in [0.05, 0.1) is 4.91 Å². The Morgan fingerprint density at radius 2 is 1.62 bits per heavy atom. The summed E-state index contributed by atoms with van der Waals surface area (Å²) < 4.78 is 0. The van der Waals surface area contributed by atoms with Gasteiger partial charge in [-0.15, -0.1) is 0 Å². The van der Waals surface area contributed by atoms with Gasteiger partial charge < -0.3 is 0 Å². The molecule has 3 rings (SSSR count). The first-order valence-corrected chi connectivity index (χ1v) is 7.43. The number of rotatable bonds is 2. The van der Waals surface area contributed by atoms with Crippen molar-refractivity contribution in [2.45, 2.75) is 0 Å². The largest absolute Gasteiger partial charge is 0.290 e. The number of halogens is 1. The lowest BCUT2D eigenvalue weighted by molar-refractivity contribution is -0.115. The minimum Gasteiger partial charge on any atom is -0.282 e. The first kappa shape index (κ1) is 13.9. The van der Waals surface area contributed by atoms with Gasteiger partial charge in [-0.1, -0.05) is 54.1 Å². The fourth-order valence-electron chi connectivity index (χ4n) is 2.11. The molecular weight excluding hydrogens is 306 g/mol. The smallest absolute Gasteiger partial charge is 0.282 e. The van der Waals surface area contributed by atoms with Crippen LogP contribution in [-0.2, 0) is 4.79 Å². The van der Waals surface area contributed by atoms with E-state index in [-0.39, 0.29) is 11.1 Å². The zero-order valence-corrected chi connectivity index (χ0v) is 12.4. The number of benzene rings is 2. The molecule has 1 aliphatic heterocycles. The molecule has 3 nitrogen and oxygen atoms in total. The van der Waals surface area contributed by atoms with Crippen LogP contribution in [0.5, 0.6) is 0 Å². The molecular formula is C16H10ClNO2S. The van der Waals surface area contributed by atoms with Crippen LogP contribution in [0.1, 0.15) is 5.56 Å². The Morgan fingerprint density at radius 1 is 0.952 bits per heavy atom. The summed E-state index contributed by atoms with van der Waals surface area (Å²) in [4.78, 5) is 23.3. The predicted molar refractivity (Wildman–Crippen MR) is 86.0 cm³/mol. The van der Waals surface area contributed by atoms with Gasteiger partial charge in [0.15, 0.2) is 0 Å². The molecule has 2 aromatic rings. The van der Waals surface area contributed by atoms with Crippen molar-refractivity contribution in [2.24, 2.45) is 0 Å². The molecule has 1 aliphatic rings. The Morgan fingerprint density at radius 3 is 2.29 bits per heavy atom. The second-order valence-electron chi connectivity index (χ2n) is 4.42. The number of amides is 2. The molecule has 0 saturated carbocycles. The zero-order chi connectivity index (χ0) is 14.8. The van der Waals surface area contributed by atoms with Gasteiger partial charge in [-0.3, -0.25) is 14.9 Å². The van der Waals surface area contributed by atoms with E-state index in [1.54, 1.807) is 6.08 Å². The van der Waals surface area contributed by atoms with E-state index in [0.29, 0.717) is 9.93 Å². The van der Waals surface area contributed by atoms with Gasteiger partial charge in [0.1, 0.15) is 0 Å². The molecule has 0 bridgehead atoms. The summed E-state index contributed by atoms with van der Waals surface area (Å²) in [5, 5.41) is 2.54. The lowest BCUT2D eigenvalue weighted by Crippen LogP contribution is -2.17. The van der Waals surface area contributed by atoms with Crippen molar-refractivity contribution in [1.82, 2.24) is 5.32 Å². The van der Waals surface area contributed by atoms with Crippen molar-refractivity contribution in [3.8, 4) is 11.1 Å². The van der Waals surface area contributed by atoms with Gasteiger partial charge in [0.25, 0.3) is 11.1 Å². The van der Waals surface area contributed by atoms with Crippen LogP contribution >= 0.6 is 23.4 Å². The lowest BCUT2D eigenvalue weighted by atomic mass is 9.99.